The van der Waals surface area contributed by atoms with Gasteiger partial charge in [-0.05, 0) is 62.3 Å². The van der Waals surface area contributed by atoms with Crippen LogP contribution in [0.25, 0.3) is 0 Å². The summed E-state index contributed by atoms with van der Waals surface area (Å²) in [4.78, 5) is 36.9. The summed E-state index contributed by atoms with van der Waals surface area (Å²) in [6.45, 7) is 5.57. The van der Waals surface area contributed by atoms with E-state index in [1.165, 1.54) is 62.3 Å². The number of hydrogen-bond acceptors (Lipinski definition) is 12. The Kier molecular flexibility index (Phi) is 15.6. The van der Waals surface area contributed by atoms with E-state index >= 15 is 0 Å². The second-order valence-corrected chi connectivity index (χ2v) is 14.6. The third-order valence-corrected chi connectivity index (χ3v) is 6.37. The Balaban J connectivity index is 3.40. The van der Waals surface area contributed by atoms with Gasteiger partial charge in [-0.1, -0.05) is 0 Å². The molecule has 0 amide bonds. The van der Waals surface area contributed by atoms with Crippen LogP contribution in [-0.2, 0) is 47.5 Å². The number of carbonyl (C=O) groups is 3. The molecule has 3 unspecified atom stereocenters. The lowest BCUT2D eigenvalue weighted by molar-refractivity contribution is -0.316. The molecule has 0 aromatic heterocycles. The molecule has 0 aromatic rings. The fourth-order valence-electron chi connectivity index (χ4n) is 4.14. The second-order valence-electron chi connectivity index (χ2n) is 14.6. The first-order valence-corrected chi connectivity index (χ1v) is 15.4. The fourth-order valence-corrected chi connectivity index (χ4v) is 4.14. The fraction of sp³-hybridized carbons (Fsp3) is 0.900. The van der Waals surface area contributed by atoms with Gasteiger partial charge in [-0.25, -0.2) is 0 Å². The summed E-state index contributed by atoms with van der Waals surface area (Å²) in [6, 6.07) is 0. The van der Waals surface area contributed by atoms with Gasteiger partial charge >= 0.3 is 36.4 Å². The maximum atomic E-state index is 13.9. The smallest absolute Gasteiger partial charge is 0.404 e. The second kappa shape index (κ2) is 17.1. The largest absolute Gasteiger partial charge is 0.459 e. The van der Waals surface area contributed by atoms with E-state index < -0.39 is 128 Å². The van der Waals surface area contributed by atoms with Crippen molar-refractivity contribution in [1.82, 2.24) is 0 Å². The summed E-state index contributed by atoms with van der Waals surface area (Å²) in [5, 5.41) is 21.6. The van der Waals surface area contributed by atoms with Crippen molar-refractivity contribution in [2.45, 2.75) is 128 Å². The number of carbonyl (C=O) groups excluding carboxylic acids is 3. The first-order valence-electron chi connectivity index (χ1n) is 15.4. The molecule has 0 spiro atoms. The van der Waals surface area contributed by atoms with Crippen LogP contribution in [0.5, 0.6) is 0 Å². The maximum absolute atomic E-state index is 13.9. The van der Waals surface area contributed by atoms with Crippen molar-refractivity contribution in [1.29, 1.82) is 0 Å². The first-order chi connectivity index (χ1) is 22.6. The summed E-state index contributed by atoms with van der Waals surface area (Å²) in [6.07, 6.45) is -27.2. The van der Waals surface area contributed by atoms with Gasteiger partial charge in [0.15, 0.2) is 24.0 Å². The minimum atomic E-state index is -5.34. The molecule has 2 N–H and O–H groups in total. The van der Waals surface area contributed by atoms with Gasteiger partial charge in [-0.2, -0.15) is 39.5 Å². The van der Waals surface area contributed by atoms with Crippen molar-refractivity contribution in [3.8, 4) is 0 Å². The lowest BCUT2D eigenvalue weighted by Gasteiger charge is -2.43. The van der Waals surface area contributed by atoms with E-state index in [1.54, 1.807) is 0 Å². The Labute approximate surface area is 288 Å². The number of aliphatic hydroxyl groups excluding tert-OH is 2. The molecule has 1 fully saturated rings. The number of halogens is 9. The van der Waals surface area contributed by atoms with E-state index in [9.17, 15) is 64.1 Å². The Morgan fingerprint density at radius 1 is 0.569 bits per heavy atom. The van der Waals surface area contributed by atoms with Crippen LogP contribution >= 0.6 is 0 Å². The normalized spacial score (nSPS) is 24.4. The summed E-state index contributed by atoms with van der Waals surface area (Å²) < 4.78 is 158. The van der Waals surface area contributed by atoms with Gasteiger partial charge in [-0.15, -0.1) is 0 Å². The van der Waals surface area contributed by atoms with Crippen LogP contribution in [0.3, 0.4) is 0 Å². The number of aliphatic hydroxyl groups is 2. The standard InChI is InChI=1S/C30H45F9O12/c1-25(2,3)49-21(41)14(28(31,32)33)10-45-13-17-18(40)19(46-11-15(29(34,35)36)22(42)50-26(4,5)6)20(24(44)48-17)47-12-16(30(37,38)39)23(43)51-27(7,8)9/h14-20,24,40,44H,10-13H2,1-9H3/t14?,15?,16?,17-,18-,19+,20-,24+/m1/s1. The highest BCUT2D eigenvalue weighted by molar-refractivity contribution is 5.74. The molecule has 51 heavy (non-hydrogen) atoms. The molecular weight excluding hydrogens is 723 g/mol. The van der Waals surface area contributed by atoms with Gasteiger partial charge in [0.1, 0.15) is 41.2 Å². The minimum Gasteiger partial charge on any atom is -0.459 e. The Morgan fingerprint density at radius 3 is 1.20 bits per heavy atom. The van der Waals surface area contributed by atoms with Crippen LogP contribution in [0.15, 0.2) is 0 Å². The molecule has 1 aliphatic heterocycles. The number of hydrogen-bond donors (Lipinski definition) is 2. The molecule has 8 atom stereocenters. The lowest BCUT2D eigenvalue weighted by atomic mass is 9.98. The van der Waals surface area contributed by atoms with Crippen molar-refractivity contribution < 1.29 is 97.3 Å². The van der Waals surface area contributed by atoms with Crippen LogP contribution in [0.1, 0.15) is 62.3 Å². The zero-order valence-corrected chi connectivity index (χ0v) is 29.3. The molecular formula is C30H45F9O12. The molecule has 300 valence electrons. The zero-order chi connectivity index (χ0) is 40.1. The predicted molar refractivity (Wildman–Crippen MR) is 153 cm³/mol. The number of rotatable bonds is 13. The topological polar surface area (TPSA) is 156 Å². The highest BCUT2D eigenvalue weighted by Crippen LogP contribution is 2.35. The quantitative estimate of drug-likeness (QED) is 0.155. The summed E-state index contributed by atoms with van der Waals surface area (Å²) in [7, 11) is 0. The summed E-state index contributed by atoms with van der Waals surface area (Å²) in [5.41, 5.74) is -4.17. The minimum absolute atomic E-state index is 1.10. The van der Waals surface area contributed by atoms with Crippen LogP contribution in [0.2, 0.25) is 0 Å². The monoisotopic (exact) mass is 768 g/mol. The van der Waals surface area contributed by atoms with E-state index in [4.69, 9.17) is 33.2 Å². The average molecular weight is 769 g/mol. The maximum Gasteiger partial charge on any atom is 0.404 e. The molecule has 1 rings (SSSR count). The Morgan fingerprint density at radius 2 is 0.882 bits per heavy atom. The first kappa shape index (κ1) is 46.6. The van der Waals surface area contributed by atoms with Gasteiger partial charge in [-0.3, -0.25) is 14.4 Å². The van der Waals surface area contributed by atoms with Gasteiger partial charge in [0.25, 0.3) is 0 Å². The van der Waals surface area contributed by atoms with Crippen LogP contribution in [-0.4, -0.2) is 121 Å². The van der Waals surface area contributed by atoms with Crippen molar-refractivity contribution >= 4 is 17.9 Å². The predicted octanol–water partition coefficient (Wildman–Crippen LogP) is 4.41. The molecule has 21 heteroatoms. The molecule has 1 aliphatic rings. The van der Waals surface area contributed by atoms with Crippen molar-refractivity contribution in [2.75, 3.05) is 26.4 Å². The number of ether oxygens (including phenoxy) is 7. The third kappa shape index (κ3) is 16.0. The van der Waals surface area contributed by atoms with Gasteiger partial charge < -0.3 is 43.4 Å². The number of alkyl halides is 9. The molecule has 0 aliphatic carbocycles. The molecule has 0 aromatic carbocycles. The zero-order valence-electron chi connectivity index (χ0n) is 29.3. The molecule has 0 bridgehead atoms. The van der Waals surface area contributed by atoms with Crippen molar-refractivity contribution in [3.63, 3.8) is 0 Å². The molecule has 0 saturated carbocycles. The van der Waals surface area contributed by atoms with E-state index in [2.05, 4.69) is 0 Å². The molecule has 1 heterocycles. The summed E-state index contributed by atoms with van der Waals surface area (Å²) >= 11 is 0. The number of esters is 3. The third-order valence-electron chi connectivity index (χ3n) is 6.37. The van der Waals surface area contributed by atoms with Crippen LogP contribution in [0, 0.1) is 17.8 Å². The molecule has 0 radical (unpaired) electrons. The van der Waals surface area contributed by atoms with Crippen LogP contribution in [0.4, 0.5) is 39.5 Å². The Bertz CT molecular complexity index is 1150. The molecule has 1 saturated heterocycles. The van der Waals surface area contributed by atoms with Crippen molar-refractivity contribution in [3.05, 3.63) is 0 Å². The van der Waals surface area contributed by atoms with Crippen LogP contribution < -0.4 is 0 Å². The van der Waals surface area contributed by atoms with Gasteiger partial charge in [0.2, 0.25) is 0 Å². The van der Waals surface area contributed by atoms with E-state index in [-0.39, 0.29) is 0 Å². The van der Waals surface area contributed by atoms with E-state index in [1.807, 2.05) is 0 Å². The highest BCUT2D eigenvalue weighted by Gasteiger charge is 2.54. The van der Waals surface area contributed by atoms with Crippen molar-refractivity contribution in [2.24, 2.45) is 17.8 Å². The van der Waals surface area contributed by atoms with Gasteiger partial charge in [0.05, 0.1) is 26.4 Å². The lowest BCUT2D eigenvalue weighted by Crippen LogP contribution is -2.61. The van der Waals surface area contributed by atoms with Gasteiger partial charge in [0, 0.05) is 0 Å². The highest BCUT2D eigenvalue weighted by atomic mass is 19.4. The SMILES string of the molecule is CC(C)(C)OC(=O)C(COC[C@H]1O[C@H](O)[C@H](OCC(C(=O)OC(C)(C)C)C(F)(F)F)[C@@H](OCC(C(=O)OC(C)(C)C)C(F)(F)F)[C@@H]1O)C(F)(F)F. The van der Waals surface area contributed by atoms with E-state index in [0.29, 0.717) is 0 Å². The average Bonchev–Trinajstić information content (AvgIpc) is 2.84. The summed E-state index contributed by atoms with van der Waals surface area (Å²) in [5.74, 6) is -14.4. The van der Waals surface area contributed by atoms with E-state index in [0.717, 1.165) is 0 Å². The Hall–Kier alpha value is -2.46. The molecule has 12 nitrogen and oxygen atoms in total.